The van der Waals surface area contributed by atoms with Crippen LogP contribution < -0.4 is 0 Å². The Labute approximate surface area is 94.4 Å². The largest absolute Gasteiger partial charge is 0.465 e. The number of hydrogen-bond donors (Lipinski definition) is 0. The summed E-state index contributed by atoms with van der Waals surface area (Å²) in [5, 5.41) is 0. The number of rotatable bonds is 2. The first-order chi connectivity index (χ1) is 7.70. The lowest BCUT2D eigenvalue weighted by molar-refractivity contribution is -0.107. The maximum absolute atomic E-state index is 11.4. The van der Waals surface area contributed by atoms with Gasteiger partial charge >= 0.3 is 5.97 Å². The molecule has 0 aliphatic heterocycles. The lowest BCUT2D eigenvalue weighted by Gasteiger charge is -2.04. The summed E-state index contributed by atoms with van der Waals surface area (Å²) in [6, 6.07) is 5.23. The second kappa shape index (κ2) is 5.72. The summed E-state index contributed by atoms with van der Waals surface area (Å²) in [6.45, 7) is 1.80. The van der Waals surface area contributed by atoms with E-state index in [4.69, 9.17) is 0 Å². The summed E-state index contributed by atoms with van der Waals surface area (Å²) in [7, 11) is 1.34. The van der Waals surface area contributed by atoms with Crippen LogP contribution in [0.3, 0.4) is 0 Å². The molecule has 0 aliphatic rings. The highest BCUT2D eigenvalue weighted by atomic mass is 16.5. The van der Waals surface area contributed by atoms with E-state index >= 15 is 0 Å². The molecule has 82 valence electrons. The molecule has 0 saturated heterocycles. The van der Waals surface area contributed by atoms with Crippen LogP contribution in [-0.4, -0.2) is 19.4 Å². The minimum Gasteiger partial charge on any atom is -0.465 e. The average molecular weight is 216 g/mol. The van der Waals surface area contributed by atoms with Crippen LogP contribution in [0.4, 0.5) is 0 Å². The molecule has 0 saturated carbocycles. The Kier molecular flexibility index (Phi) is 4.28. The zero-order chi connectivity index (χ0) is 12.0. The lowest BCUT2D eigenvalue weighted by Crippen LogP contribution is -2.04. The summed E-state index contributed by atoms with van der Waals surface area (Å²) < 4.78 is 4.65. The van der Waals surface area contributed by atoms with Crippen LogP contribution >= 0.6 is 0 Å². The number of esters is 1. The first-order valence-electron chi connectivity index (χ1n) is 4.81. The molecule has 0 unspecified atom stereocenters. The second-order valence-electron chi connectivity index (χ2n) is 3.14. The Balaban J connectivity index is 3.10. The summed E-state index contributed by atoms with van der Waals surface area (Å²) in [5.41, 5.74) is 2.01. The van der Waals surface area contributed by atoms with Crippen LogP contribution in [0.5, 0.6) is 0 Å². The Hall–Kier alpha value is -2.08. The molecule has 0 bridgehead atoms. The van der Waals surface area contributed by atoms with Crippen molar-refractivity contribution in [2.75, 3.05) is 7.11 Å². The van der Waals surface area contributed by atoms with Gasteiger partial charge in [0.2, 0.25) is 0 Å². The van der Waals surface area contributed by atoms with Gasteiger partial charge in [0, 0.05) is 5.56 Å². The second-order valence-corrected chi connectivity index (χ2v) is 3.14. The van der Waals surface area contributed by atoms with Crippen molar-refractivity contribution in [3.05, 3.63) is 34.9 Å². The van der Waals surface area contributed by atoms with Gasteiger partial charge in [-0.2, -0.15) is 0 Å². The van der Waals surface area contributed by atoms with Crippen molar-refractivity contribution in [3.63, 3.8) is 0 Å². The predicted octanol–water partition coefficient (Wildman–Crippen LogP) is 1.72. The van der Waals surface area contributed by atoms with E-state index in [-0.39, 0.29) is 12.4 Å². The fourth-order valence-electron chi connectivity index (χ4n) is 1.29. The van der Waals surface area contributed by atoms with Crippen molar-refractivity contribution in [3.8, 4) is 11.8 Å². The molecule has 0 amide bonds. The number of benzene rings is 1. The van der Waals surface area contributed by atoms with Gasteiger partial charge in [0.15, 0.2) is 0 Å². The molecule has 0 N–H and O–H groups in total. The van der Waals surface area contributed by atoms with E-state index in [1.54, 1.807) is 25.1 Å². The van der Waals surface area contributed by atoms with Crippen LogP contribution in [0.1, 0.15) is 27.9 Å². The number of hydrogen-bond acceptors (Lipinski definition) is 3. The molecule has 1 aromatic carbocycles. The Bertz CT molecular complexity index is 464. The van der Waals surface area contributed by atoms with Crippen molar-refractivity contribution >= 4 is 12.3 Å². The minimum absolute atomic E-state index is 0.196. The summed E-state index contributed by atoms with van der Waals surface area (Å²) in [5.74, 6) is 5.17. The summed E-state index contributed by atoms with van der Waals surface area (Å²) in [4.78, 5) is 21.5. The maximum Gasteiger partial charge on any atom is 0.338 e. The molecule has 0 radical (unpaired) electrons. The van der Waals surface area contributed by atoms with Crippen molar-refractivity contribution in [1.29, 1.82) is 0 Å². The van der Waals surface area contributed by atoms with Gasteiger partial charge in [-0.1, -0.05) is 17.9 Å². The van der Waals surface area contributed by atoms with E-state index in [0.29, 0.717) is 5.56 Å². The van der Waals surface area contributed by atoms with Crippen LogP contribution in [0, 0.1) is 18.8 Å². The molecule has 0 atom stereocenters. The molecule has 16 heavy (non-hydrogen) atoms. The molecule has 0 heterocycles. The SMILES string of the molecule is COC(=O)c1cccc(C#CCC=O)c1C. The zero-order valence-corrected chi connectivity index (χ0v) is 9.24. The molecule has 3 nitrogen and oxygen atoms in total. The molecular weight excluding hydrogens is 204 g/mol. The van der Waals surface area contributed by atoms with E-state index in [1.165, 1.54) is 7.11 Å². The van der Waals surface area contributed by atoms with Gasteiger partial charge in [-0.25, -0.2) is 4.79 Å². The number of carbonyl (C=O) groups is 2. The number of aldehydes is 1. The highest BCUT2D eigenvalue weighted by molar-refractivity contribution is 5.91. The van der Waals surface area contributed by atoms with Gasteiger partial charge in [-0.3, -0.25) is 0 Å². The standard InChI is InChI=1S/C13H12O3/c1-10-11(6-3-4-9-14)7-5-8-12(10)13(15)16-2/h5,7-9H,4H2,1-2H3. The van der Waals surface area contributed by atoms with Crippen LogP contribution in [0.2, 0.25) is 0 Å². The fourth-order valence-corrected chi connectivity index (χ4v) is 1.29. The van der Waals surface area contributed by atoms with E-state index in [9.17, 15) is 9.59 Å². The van der Waals surface area contributed by atoms with Crippen LogP contribution in [0.15, 0.2) is 18.2 Å². The maximum atomic E-state index is 11.4. The van der Waals surface area contributed by atoms with E-state index in [0.717, 1.165) is 17.4 Å². The van der Waals surface area contributed by atoms with E-state index in [2.05, 4.69) is 16.6 Å². The van der Waals surface area contributed by atoms with Gasteiger partial charge in [0.25, 0.3) is 0 Å². The summed E-state index contributed by atoms with van der Waals surface area (Å²) in [6.07, 6.45) is 0.939. The van der Waals surface area contributed by atoms with Gasteiger partial charge in [-0.15, -0.1) is 0 Å². The molecule has 3 heteroatoms. The van der Waals surface area contributed by atoms with Crippen molar-refractivity contribution in [1.82, 2.24) is 0 Å². The van der Waals surface area contributed by atoms with E-state index < -0.39 is 0 Å². The number of methoxy groups -OCH3 is 1. The highest BCUT2D eigenvalue weighted by Gasteiger charge is 2.10. The van der Waals surface area contributed by atoms with Crippen molar-refractivity contribution in [2.24, 2.45) is 0 Å². The number of ether oxygens (including phenoxy) is 1. The fraction of sp³-hybridized carbons (Fsp3) is 0.231. The first-order valence-corrected chi connectivity index (χ1v) is 4.81. The molecule has 0 aliphatic carbocycles. The van der Waals surface area contributed by atoms with Crippen molar-refractivity contribution in [2.45, 2.75) is 13.3 Å². The zero-order valence-electron chi connectivity index (χ0n) is 9.24. The van der Waals surface area contributed by atoms with Gasteiger partial charge in [-0.05, 0) is 24.6 Å². The smallest absolute Gasteiger partial charge is 0.338 e. The molecule has 1 aromatic rings. The molecule has 1 rings (SSSR count). The van der Waals surface area contributed by atoms with Gasteiger partial charge in [0.1, 0.15) is 6.29 Å². The summed E-state index contributed by atoms with van der Waals surface area (Å²) >= 11 is 0. The third-order valence-corrected chi connectivity index (χ3v) is 2.15. The highest BCUT2D eigenvalue weighted by Crippen LogP contribution is 2.13. The lowest BCUT2D eigenvalue weighted by atomic mass is 10.0. The predicted molar refractivity (Wildman–Crippen MR) is 60.1 cm³/mol. The molecule has 0 fully saturated rings. The van der Waals surface area contributed by atoms with Gasteiger partial charge < -0.3 is 9.53 Å². The Morgan fingerprint density at radius 2 is 2.25 bits per heavy atom. The third-order valence-electron chi connectivity index (χ3n) is 2.15. The normalized spacial score (nSPS) is 8.88. The monoisotopic (exact) mass is 216 g/mol. The Morgan fingerprint density at radius 3 is 2.88 bits per heavy atom. The molecule has 0 spiro atoms. The third kappa shape index (κ3) is 2.71. The first kappa shape index (κ1) is 12.0. The van der Waals surface area contributed by atoms with Crippen molar-refractivity contribution < 1.29 is 14.3 Å². The quantitative estimate of drug-likeness (QED) is 0.429. The molecule has 0 aromatic heterocycles. The number of carbonyl (C=O) groups excluding carboxylic acids is 2. The topological polar surface area (TPSA) is 43.4 Å². The van der Waals surface area contributed by atoms with Crippen LogP contribution in [0.25, 0.3) is 0 Å². The van der Waals surface area contributed by atoms with Gasteiger partial charge in [0.05, 0.1) is 19.1 Å². The minimum atomic E-state index is -0.378. The molecular formula is C13H12O3. The Morgan fingerprint density at radius 1 is 1.50 bits per heavy atom. The van der Waals surface area contributed by atoms with Crippen LogP contribution in [-0.2, 0) is 9.53 Å². The average Bonchev–Trinajstić information content (AvgIpc) is 2.30. The van der Waals surface area contributed by atoms with E-state index in [1.807, 2.05) is 0 Å².